The van der Waals surface area contributed by atoms with Crippen molar-refractivity contribution in [1.82, 2.24) is 0 Å². The fourth-order valence-electron chi connectivity index (χ4n) is 9.76. The summed E-state index contributed by atoms with van der Waals surface area (Å²) in [6, 6.07) is 0. The number of carboxylic acid groups (broad SMARTS) is 1. The maximum absolute atomic E-state index is 12.9. The van der Waals surface area contributed by atoms with Crippen molar-refractivity contribution in [3.63, 3.8) is 0 Å². The molecule has 0 aromatic heterocycles. The van der Waals surface area contributed by atoms with Crippen LogP contribution in [-0.2, 0) is 33.3 Å². The molecule has 0 rings (SSSR count). The van der Waals surface area contributed by atoms with E-state index in [1.165, 1.54) is 161 Å². The van der Waals surface area contributed by atoms with Gasteiger partial charge in [-0.25, -0.2) is 0 Å². The molecule has 2 atom stereocenters. The van der Waals surface area contributed by atoms with Gasteiger partial charge < -0.3 is 33.3 Å². The number of hydrogen-bond donors (Lipinski definition) is 0. The number of carboxylic acids is 1. The molecular formula is C78H133NO8. The zero-order valence-corrected chi connectivity index (χ0v) is 56.9. The van der Waals surface area contributed by atoms with E-state index in [4.69, 9.17) is 18.9 Å². The number of carbonyl (C=O) groups is 3. The Labute approximate surface area is 536 Å². The Bertz CT molecular complexity index is 1840. The Morgan fingerprint density at radius 2 is 0.655 bits per heavy atom. The topological polar surface area (TPSA) is 111 Å². The van der Waals surface area contributed by atoms with Crippen LogP contribution in [0.3, 0.4) is 0 Å². The number of ether oxygens (including phenoxy) is 4. The lowest BCUT2D eigenvalue weighted by Gasteiger charge is -2.26. The van der Waals surface area contributed by atoms with Gasteiger partial charge in [0.15, 0.2) is 12.4 Å². The number of allylic oxidation sites excluding steroid dienone is 20. The Kier molecular flexibility index (Phi) is 64.3. The number of aliphatic carboxylic acids is 1. The van der Waals surface area contributed by atoms with Gasteiger partial charge in [-0.15, -0.1) is 0 Å². The monoisotopic (exact) mass is 1210 g/mol. The Morgan fingerprint density at radius 3 is 0.989 bits per heavy atom. The van der Waals surface area contributed by atoms with Crippen molar-refractivity contribution >= 4 is 17.9 Å². The largest absolute Gasteiger partial charge is 0.545 e. The van der Waals surface area contributed by atoms with Crippen LogP contribution in [0.15, 0.2) is 122 Å². The molecule has 0 bridgehead atoms. The number of nitrogens with zero attached hydrogens (tertiary/aromatic N) is 1. The first-order chi connectivity index (χ1) is 42.6. The van der Waals surface area contributed by atoms with Gasteiger partial charge in [0.25, 0.3) is 0 Å². The van der Waals surface area contributed by atoms with Gasteiger partial charge in [0.2, 0.25) is 0 Å². The SMILES string of the molecule is CC/C=C\C/C=C\C/C=C\C/C=C\C/C=C\C/C=C\C/C=C\C/C=C\C/C=C\CCCCCCCCCCCC(=O)OC(COC(=O)CCCCCCCCCCCCCCC/C=C\CCCCCCCCCC)COC(OCC[N+](C)(C)C)C(=O)[O-]. The zero-order valence-electron chi connectivity index (χ0n) is 56.9. The van der Waals surface area contributed by atoms with Crippen LogP contribution >= 0.6 is 0 Å². The van der Waals surface area contributed by atoms with Crippen molar-refractivity contribution in [3.05, 3.63) is 122 Å². The molecule has 0 heterocycles. The molecule has 9 heteroatoms. The van der Waals surface area contributed by atoms with Crippen molar-refractivity contribution in [1.29, 1.82) is 0 Å². The van der Waals surface area contributed by atoms with Crippen molar-refractivity contribution in [2.75, 3.05) is 47.5 Å². The average molecular weight is 1210 g/mol. The van der Waals surface area contributed by atoms with Crippen LogP contribution in [0, 0.1) is 0 Å². The van der Waals surface area contributed by atoms with Crippen molar-refractivity contribution in [2.45, 2.75) is 309 Å². The number of unbranched alkanes of at least 4 members (excludes halogenated alkanes) is 30. The van der Waals surface area contributed by atoms with Gasteiger partial charge in [-0.2, -0.15) is 0 Å². The highest BCUT2D eigenvalue weighted by Crippen LogP contribution is 2.17. The predicted molar refractivity (Wildman–Crippen MR) is 370 cm³/mol. The van der Waals surface area contributed by atoms with Gasteiger partial charge in [0, 0.05) is 12.8 Å². The number of esters is 2. The van der Waals surface area contributed by atoms with Crippen LogP contribution in [-0.4, -0.2) is 82.3 Å². The smallest absolute Gasteiger partial charge is 0.306 e. The van der Waals surface area contributed by atoms with Gasteiger partial charge in [-0.3, -0.25) is 9.59 Å². The molecule has 0 aliphatic carbocycles. The summed E-state index contributed by atoms with van der Waals surface area (Å²) in [5, 5.41) is 11.8. The van der Waals surface area contributed by atoms with E-state index in [1.54, 1.807) is 0 Å². The fourth-order valence-corrected chi connectivity index (χ4v) is 9.76. The fraction of sp³-hybridized carbons (Fsp3) is 0.705. The number of likely N-dealkylation sites (N-methyl/N-ethyl adjacent to an activating group) is 1. The molecule has 0 saturated carbocycles. The Balaban J connectivity index is 4.16. The molecular weight excluding hydrogens is 1080 g/mol. The van der Waals surface area contributed by atoms with Crippen LogP contribution in [0.2, 0.25) is 0 Å². The van der Waals surface area contributed by atoms with E-state index in [9.17, 15) is 19.5 Å². The highest BCUT2D eigenvalue weighted by atomic mass is 16.7. The third-order valence-electron chi connectivity index (χ3n) is 15.2. The second kappa shape index (κ2) is 67.6. The lowest BCUT2D eigenvalue weighted by Crippen LogP contribution is -2.44. The molecule has 2 unspecified atom stereocenters. The third-order valence-corrected chi connectivity index (χ3v) is 15.2. The molecule has 0 radical (unpaired) electrons. The number of quaternary nitrogens is 1. The van der Waals surface area contributed by atoms with Gasteiger partial charge in [0.1, 0.15) is 13.2 Å². The zero-order chi connectivity index (χ0) is 63.3. The molecule has 0 spiro atoms. The van der Waals surface area contributed by atoms with Crippen LogP contribution in [0.1, 0.15) is 296 Å². The summed E-state index contributed by atoms with van der Waals surface area (Å²) in [4.78, 5) is 37.5. The van der Waals surface area contributed by atoms with Crippen molar-refractivity contribution < 1.29 is 42.9 Å². The first-order valence-electron chi connectivity index (χ1n) is 35.7. The molecule has 0 aromatic carbocycles. The quantitative estimate of drug-likeness (QED) is 0.0195. The molecule has 0 amide bonds. The molecule has 0 N–H and O–H groups in total. The normalized spacial score (nSPS) is 13.4. The summed E-state index contributed by atoms with van der Waals surface area (Å²) in [7, 11) is 5.93. The minimum absolute atomic E-state index is 0.142. The number of rotatable bonds is 65. The summed E-state index contributed by atoms with van der Waals surface area (Å²) in [5.74, 6) is -2.29. The standard InChI is InChI=1S/C78H133NO8/c1-6-8-10-12-14-16-18-20-22-24-26-28-30-32-33-34-35-36-37-38-39-40-41-42-43-45-47-49-51-53-55-57-59-61-63-65-67-69-76(81)87-74(73-86-78(77(82)83)84-71-70-79(3,4)5)72-85-75(80)68-66-64-62-60-58-56-54-52-50-48-46-44-31-29-27-25-23-21-19-17-15-13-11-9-7-2/h8,10,14,16,20,22,25-28,32-33,35-36,38-39,41-42,45,47,74,78H,6-7,9,11-13,15,17-19,21,23-24,29-31,34,37,40,43-44,46,48-73H2,1-5H3/b10-8-,16-14-,22-20-,27-25-,28-26-,33-32-,36-35-,39-38-,42-41-,47-45-. The average Bonchev–Trinajstić information content (AvgIpc) is 3.57. The van der Waals surface area contributed by atoms with E-state index in [-0.39, 0.29) is 38.6 Å². The lowest BCUT2D eigenvalue weighted by atomic mass is 10.0. The highest BCUT2D eigenvalue weighted by Gasteiger charge is 2.22. The highest BCUT2D eigenvalue weighted by molar-refractivity contribution is 5.70. The summed E-state index contributed by atoms with van der Waals surface area (Å²) in [6.07, 6.45) is 92.8. The Morgan fingerprint density at radius 1 is 0.356 bits per heavy atom. The van der Waals surface area contributed by atoms with Crippen LogP contribution in [0.5, 0.6) is 0 Å². The van der Waals surface area contributed by atoms with Gasteiger partial charge in [-0.05, 0) is 109 Å². The van der Waals surface area contributed by atoms with E-state index in [0.29, 0.717) is 17.4 Å². The molecule has 0 saturated heterocycles. The third kappa shape index (κ3) is 69.0. The molecule has 498 valence electrons. The maximum atomic E-state index is 12.9. The maximum Gasteiger partial charge on any atom is 0.306 e. The second-order valence-electron chi connectivity index (χ2n) is 24.8. The van der Waals surface area contributed by atoms with E-state index < -0.39 is 24.3 Å². The summed E-state index contributed by atoms with van der Waals surface area (Å²) in [6.45, 7) is 4.65. The van der Waals surface area contributed by atoms with E-state index >= 15 is 0 Å². The lowest BCUT2D eigenvalue weighted by molar-refractivity contribution is -0.870. The molecule has 0 aromatic rings. The van der Waals surface area contributed by atoms with E-state index in [0.717, 1.165) is 103 Å². The number of carbonyl (C=O) groups excluding carboxylic acids is 3. The van der Waals surface area contributed by atoms with Gasteiger partial charge >= 0.3 is 11.9 Å². The minimum atomic E-state index is -1.63. The van der Waals surface area contributed by atoms with Gasteiger partial charge in [0.05, 0.1) is 40.3 Å². The first-order valence-corrected chi connectivity index (χ1v) is 35.7. The molecule has 0 aliphatic heterocycles. The molecule has 0 fully saturated rings. The van der Waals surface area contributed by atoms with Crippen molar-refractivity contribution in [2.24, 2.45) is 0 Å². The van der Waals surface area contributed by atoms with Crippen LogP contribution in [0.4, 0.5) is 0 Å². The van der Waals surface area contributed by atoms with E-state index in [2.05, 4.69) is 135 Å². The Hall–Kier alpha value is -4.31. The second-order valence-corrected chi connectivity index (χ2v) is 24.8. The van der Waals surface area contributed by atoms with E-state index in [1.807, 2.05) is 21.1 Å². The summed E-state index contributed by atoms with van der Waals surface area (Å²) >= 11 is 0. The van der Waals surface area contributed by atoms with Gasteiger partial charge in [-0.1, -0.05) is 296 Å². The first kappa shape index (κ1) is 82.7. The van der Waals surface area contributed by atoms with Crippen molar-refractivity contribution in [3.8, 4) is 0 Å². The van der Waals surface area contributed by atoms with Crippen LogP contribution in [0.25, 0.3) is 0 Å². The van der Waals surface area contributed by atoms with Crippen LogP contribution < -0.4 is 5.11 Å². The molecule has 0 aliphatic rings. The number of hydrogen-bond acceptors (Lipinski definition) is 8. The summed E-state index contributed by atoms with van der Waals surface area (Å²) < 4.78 is 22.8. The summed E-state index contributed by atoms with van der Waals surface area (Å²) in [5.41, 5.74) is 0. The molecule has 9 nitrogen and oxygen atoms in total. The predicted octanol–water partition coefficient (Wildman–Crippen LogP) is 21.0. The molecule has 87 heavy (non-hydrogen) atoms. The minimum Gasteiger partial charge on any atom is -0.545 e.